The fourth-order valence-corrected chi connectivity index (χ4v) is 4.52. The Bertz CT molecular complexity index is 1060. The van der Waals surface area contributed by atoms with Gasteiger partial charge in [-0.1, -0.05) is 42.3 Å². The highest BCUT2D eigenvalue weighted by Gasteiger charge is 2.33. The van der Waals surface area contributed by atoms with Crippen molar-refractivity contribution in [2.75, 3.05) is 23.3 Å². The van der Waals surface area contributed by atoms with Crippen molar-refractivity contribution in [3.8, 4) is 11.3 Å². The van der Waals surface area contributed by atoms with Gasteiger partial charge in [-0.2, -0.15) is 0 Å². The molecule has 1 aromatic heterocycles. The Morgan fingerprint density at radius 1 is 1.07 bits per heavy atom. The number of hydrogen-bond donors (Lipinski definition) is 1. The summed E-state index contributed by atoms with van der Waals surface area (Å²) in [5, 5.41) is 8.81. The molecule has 5 nitrogen and oxygen atoms in total. The third-order valence-electron chi connectivity index (χ3n) is 5.77. The maximum absolute atomic E-state index is 13.4. The molecule has 1 N–H and O–H groups in total. The van der Waals surface area contributed by atoms with Gasteiger partial charge >= 0.3 is 0 Å². The second kappa shape index (κ2) is 6.66. The number of ketones is 1. The van der Waals surface area contributed by atoms with E-state index in [9.17, 15) is 4.79 Å². The average Bonchev–Trinajstić information content (AvgIpc) is 2.94. The van der Waals surface area contributed by atoms with Crippen LogP contribution in [0.2, 0.25) is 0 Å². The van der Waals surface area contributed by atoms with Crippen molar-refractivity contribution >= 4 is 28.1 Å². The minimum absolute atomic E-state index is 0.0434. The second-order valence-corrected chi connectivity index (χ2v) is 8.13. The molecule has 0 amide bonds. The van der Waals surface area contributed by atoms with E-state index in [-0.39, 0.29) is 11.8 Å². The lowest BCUT2D eigenvalue weighted by atomic mass is 9.86. The molecule has 2 heterocycles. The topological polar surface area (TPSA) is 58.4 Å². The molecule has 0 unspecified atom stereocenters. The van der Waals surface area contributed by atoms with Crippen LogP contribution in [0.1, 0.15) is 55.5 Å². The minimum Gasteiger partial charge on any atom is -0.382 e. The first-order valence-corrected chi connectivity index (χ1v) is 10.3. The standard InChI is InChI=1S/C23H25N3O2/c1-14(2)24-17-13-18(26-11-7-3-4-8-12-26)21-20-19(17)22(27)15-9-5-6-10-16(15)23(20)28-25-21/h5-6,9-10,13-14,24H,3-4,7-8,11-12H2,1-2H3. The number of nitrogens with one attached hydrogen (secondary N) is 1. The van der Waals surface area contributed by atoms with Crippen molar-refractivity contribution in [1.82, 2.24) is 5.16 Å². The summed E-state index contributed by atoms with van der Waals surface area (Å²) < 4.78 is 5.84. The molecule has 2 aromatic carbocycles. The highest BCUT2D eigenvalue weighted by Crippen LogP contribution is 2.46. The van der Waals surface area contributed by atoms with E-state index in [2.05, 4.69) is 35.3 Å². The summed E-state index contributed by atoms with van der Waals surface area (Å²) in [6.07, 6.45) is 4.90. The Hall–Kier alpha value is -2.82. The third kappa shape index (κ3) is 2.60. The molecule has 1 aliphatic carbocycles. The van der Waals surface area contributed by atoms with Gasteiger partial charge in [-0.15, -0.1) is 0 Å². The van der Waals surface area contributed by atoms with Crippen molar-refractivity contribution < 1.29 is 9.32 Å². The van der Waals surface area contributed by atoms with Crippen LogP contribution in [0.15, 0.2) is 34.9 Å². The highest BCUT2D eigenvalue weighted by molar-refractivity contribution is 6.28. The SMILES string of the molecule is CC(C)Nc1cc(N2CCCCCC2)c2noc3c2c1C(=O)c1ccccc1-3. The van der Waals surface area contributed by atoms with E-state index < -0.39 is 0 Å². The number of aromatic nitrogens is 1. The van der Waals surface area contributed by atoms with Crippen LogP contribution in [-0.4, -0.2) is 30.1 Å². The summed E-state index contributed by atoms with van der Waals surface area (Å²) in [5.41, 5.74) is 4.98. The maximum atomic E-state index is 13.4. The number of anilines is 2. The molecule has 0 atom stereocenters. The zero-order valence-electron chi connectivity index (χ0n) is 16.4. The van der Waals surface area contributed by atoms with E-state index in [0.29, 0.717) is 16.9 Å². The Balaban J connectivity index is 1.79. The van der Waals surface area contributed by atoms with Gasteiger partial charge in [-0.05, 0) is 32.8 Å². The molecule has 144 valence electrons. The molecule has 5 heteroatoms. The lowest BCUT2D eigenvalue weighted by Crippen LogP contribution is -2.25. The van der Waals surface area contributed by atoms with Crippen LogP contribution >= 0.6 is 0 Å². The Morgan fingerprint density at radius 3 is 2.50 bits per heavy atom. The zero-order chi connectivity index (χ0) is 19.3. The molecule has 1 aliphatic heterocycles. The highest BCUT2D eigenvalue weighted by atomic mass is 16.5. The normalized spacial score (nSPS) is 16.4. The molecule has 1 fully saturated rings. The van der Waals surface area contributed by atoms with Crippen LogP contribution in [0.4, 0.5) is 11.4 Å². The Morgan fingerprint density at radius 2 is 1.79 bits per heavy atom. The molecular formula is C23H25N3O2. The molecular weight excluding hydrogens is 350 g/mol. The van der Waals surface area contributed by atoms with Crippen LogP contribution in [0, 0.1) is 0 Å². The van der Waals surface area contributed by atoms with Gasteiger partial charge in [0.05, 0.1) is 16.6 Å². The van der Waals surface area contributed by atoms with E-state index in [1.807, 2.05) is 24.3 Å². The average molecular weight is 375 g/mol. The lowest BCUT2D eigenvalue weighted by Gasteiger charge is -2.26. The molecule has 0 spiro atoms. The van der Waals surface area contributed by atoms with Crippen molar-refractivity contribution in [2.24, 2.45) is 0 Å². The van der Waals surface area contributed by atoms with Gasteiger partial charge in [-0.25, -0.2) is 0 Å². The summed E-state index contributed by atoms with van der Waals surface area (Å²) in [6.45, 7) is 6.22. The van der Waals surface area contributed by atoms with E-state index in [1.165, 1.54) is 25.7 Å². The van der Waals surface area contributed by atoms with E-state index in [1.54, 1.807) is 0 Å². The second-order valence-electron chi connectivity index (χ2n) is 8.13. The Kier molecular flexibility index (Phi) is 4.11. The van der Waals surface area contributed by atoms with Gasteiger partial charge in [0, 0.05) is 35.9 Å². The number of hydrogen-bond acceptors (Lipinski definition) is 5. The van der Waals surface area contributed by atoms with Gasteiger partial charge in [0.2, 0.25) is 0 Å². The van der Waals surface area contributed by atoms with Gasteiger partial charge in [0.15, 0.2) is 11.5 Å². The molecule has 5 rings (SSSR count). The van der Waals surface area contributed by atoms with E-state index in [0.717, 1.165) is 40.9 Å². The molecule has 0 saturated carbocycles. The molecule has 2 aliphatic rings. The number of carbonyl (C=O) groups excluding carboxylic acids is 1. The van der Waals surface area contributed by atoms with Crippen LogP contribution in [0.5, 0.6) is 0 Å². The molecule has 0 radical (unpaired) electrons. The zero-order valence-corrected chi connectivity index (χ0v) is 16.4. The predicted octanol–water partition coefficient (Wildman–Crippen LogP) is 5.24. The predicted molar refractivity (Wildman–Crippen MR) is 112 cm³/mol. The maximum Gasteiger partial charge on any atom is 0.196 e. The molecule has 1 saturated heterocycles. The summed E-state index contributed by atoms with van der Waals surface area (Å²) in [7, 11) is 0. The van der Waals surface area contributed by atoms with Gasteiger partial charge in [-0.3, -0.25) is 4.79 Å². The largest absolute Gasteiger partial charge is 0.382 e. The van der Waals surface area contributed by atoms with Gasteiger partial charge in [0.25, 0.3) is 0 Å². The van der Waals surface area contributed by atoms with Crippen LogP contribution < -0.4 is 10.2 Å². The van der Waals surface area contributed by atoms with Crippen molar-refractivity contribution in [3.05, 3.63) is 41.5 Å². The summed E-state index contributed by atoms with van der Waals surface area (Å²) in [6, 6.07) is 10.00. The quantitative estimate of drug-likeness (QED) is 0.531. The van der Waals surface area contributed by atoms with Crippen molar-refractivity contribution in [1.29, 1.82) is 0 Å². The first kappa shape index (κ1) is 17.3. The number of rotatable bonds is 3. The number of fused-ring (bicyclic) bond motifs is 2. The third-order valence-corrected chi connectivity index (χ3v) is 5.77. The summed E-state index contributed by atoms with van der Waals surface area (Å²) in [4.78, 5) is 15.8. The smallest absolute Gasteiger partial charge is 0.196 e. The van der Waals surface area contributed by atoms with Crippen LogP contribution in [-0.2, 0) is 0 Å². The van der Waals surface area contributed by atoms with Crippen molar-refractivity contribution in [3.63, 3.8) is 0 Å². The first-order valence-electron chi connectivity index (χ1n) is 10.3. The Labute approximate surface area is 164 Å². The van der Waals surface area contributed by atoms with Crippen LogP contribution in [0.25, 0.3) is 22.2 Å². The first-order chi connectivity index (χ1) is 13.6. The van der Waals surface area contributed by atoms with Gasteiger partial charge < -0.3 is 14.7 Å². The monoisotopic (exact) mass is 375 g/mol. The van der Waals surface area contributed by atoms with Crippen LogP contribution in [0.3, 0.4) is 0 Å². The minimum atomic E-state index is 0.0434. The lowest BCUT2D eigenvalue weighted by molar-refractivity contribution is 0.104. The number of carbonyl (C=O) groups is 1. The molecule has 28 heavy (non-hydrogen) atoms. The molecule has 0 bridgehead atoms. The van der Waals surface area contributed by atoms with E-state index >= 15 is 0 Å². The molecule has 3 aromatic rings. The number of benzene rings is 2. The fraction of sp³-hybridized carbons (Fsp3) is 0.391. The fourth-order valence-electron chi connectivity index (χ4n) is 4.52. The number of nitrogens with zero attached hydrogens (tertiary/aromatic N) is 2. The van der Waals surface area contributed by atoms with Crippen molar-refractivity contribution in [2.45, 2.75) is 45.6 Å². The van der Waals surface area contributed by atoms with E-state index in [4.69, 9.17) is 4.52 Å². The summed E-state index contributed by atoms with van der Waals surface area (Å²) in [5.74, 6) is 0.755. The van der Waals surface area contributed by atoms with Gasteiger partial charge in [0.1, 0.15) is 5.52 Å². The summed E-state index contributed by atoms with van der Waals surface area (Å²) >= 11 is 0.